The van der Waals surface area contributed by atoms with Crippen molar-refractivity contribution < 1.29 is 0 Å². The van der Waals surface area contributed by atoms with Crippen molar-refractivity contribution in [1.82, 2.24) is 14.9 Å². The second-order valence-electron chi connectivity index (χ2n) is 5.16. The van der Waals surface area contributed by atoms with Crippen LogP contribution in [0.5, 0.6) is 0 Å². The summed E-state index contributed by atoms with van der Waals surface area (Å²) in [6, 6.07) is 0.845. The first kappa shape index (κ1) is 12.4. The van der Waals surface area contributed by atoms with Crippen LogP contribution in [0.3, 0.4) is 0 Å². The van der Waals surface area contributed by atoms with E-state index in [2.05, 4.69) is 35.7 Å². The smallest absolute Gasteiger partial charge is 0.225 e. The third kappa shape index (κ3) is 2.67. The van der Waals surface area contributed by atoms with E-state index < -0.39 is 0 Å². The molecule has 1 saturated heterocycles. The van der Waals surface area contributed by atoms with Crippen LogP contribution < -0.4 is 4.90 Å². The lowest BCUT2D eigenvalue weighted by Crippen LogP contribution is -2.50. The predicted molar refractivity (Wildman–Crippen MR) is 75.8 cm³/mol. The Hall–Kier alpha value is -0.680. The highest BCUT2D eigenvalue weighted by atomic mass is 79.9. The minimum atomic E-state index is 0.845. The summed E-state index contributed by atoms with van der Waals surface area (Å²) < 4.78 is 0.941. The number of hydrogen-bond acceptors (Lipinski definition) is 4. The van der Waals surface area contributed by atoms with Crippen LogP contribution in [0.1, 0.15) is 25.7 Å². The van der Waals surface area contributed by atoms with Gasteiger partial charge in [0.2, 0.25) is 5.95 Å². The average molecular weight is 311 g/mol. The number of hydrogen-bond donors (Lipinski definition) is 0. The monoisotopic (exact) mass is 310 g/mol. The largest absolute Gasteiger partial charge is 0.338 e. The molecule has 1 aromatic heterocycles. The van der Waals surface area contributed by atoms with Gasteiger partial charge in [-0.2, -0.15) is 0 Å². The Morgan fingerprint density at radius 1 is 1.00 bits per heavy atom. The van der Waals surface area contributed by atoms with Crippen molar-refractivity contribution in [2.75, 3.05) is 31.1 Å². The average Bonchev–Trinajstić information content (AvgIpc) is 2.94. The zero-order chi connectivity index (χ0) is 12.4. The van der Waals surface area contributed by atoms with Gasteiger partial charge in [0, 0.05) is 44.6 Å². The first-order chi connectivity index (χ1) is 8.83. The molecule has 0 amide bonds. The molecular weight excluding hydrogens is 292 g/mol. The van der Waals surface area contributed by atoms with Crippen LogP contribution >= 0.6 is 15.9 Å². The van der Waals surface area contributed by atoms with E-state index in [1.165, 1.54) is 25.7 Å². The van der Waals surface area contributed by atoms with E-state index in [1.807, 2.05) is 12.4 Å². The second-order valence-corrected chi connectivity index (χ2v) is 6.08. The van der Waals surface area contributed by atoms with E-state index in [9.17, 15) is 0 Å². The van der Waals surface area contributed by atoms with Gasteiger partial charge in [0.1, 0.15) is 0 Å². The zero-order valence-electron chi connectivity index (χ0n) is 10.6. The summed E-state index contributed by atoms with van der Waals surface area (Å²) in [7, 11) is 0. The van der Waals surface area contributed by atoms with Gasteiger partial charge in [0.05, 0.1) is 4.47 Å². The van der Waals surface area contributed by atoms with Crippen molar-refractivity contribution >= 4 is 21.9 Å². The predicted octanol–water partition coefficient (Wildman–Crippen LogP) is 2.30. The van der Waals surface area contributed by atoms with Gasteiger partial charge in [-0.15, -0.1) is 0 Å². The van der Waals surface area contributed by atoms with Gasteiger partial charge >= 0.3 is 0 Å². The lowest BCUT2D eigenvalue weighted by atomic mass is 10.2. The summed E-state index contributed by atoms with van der Waals surface area (Å²) in [5.74, 6) is 0.865. The summed E-state index contributed by atoms with van der Waals surface area (Å²) in [5.41, 5.74) is 0. The van der Waals surface area contributed by atoms with Gasteiger partial charge in [0.15, 0.2) is 0 Å². The molecule has 4 nitrogen and oxygen atoms in total. The van der Waals surface area contributed by atoms with E-state index in [1.54, 1.807) is 0 Å². The van der Waals surface area contributed by atoms with Gasteiger partial charge < -0.3 is 4.90 Å². The van der Waals surface area contributed by atoms with E-state index in [0.29, 0.717) is 0 Å². The summed E-state index contributed by atoms with van der Waals surface area (Å²) in [6.07, 6.45) is 9.28. The molecule has 2 heterocycles. The Morgan fingerprint density at radius 2 is 1.61 bits per heavy atom. The van der Waals surface area contributed by atoms with Gasteiger partial charge in [0.25, 0.3) is 0 Å². The summed E-state index contributed by atoms with van der Waals surface area (Å²) in [4.78, 5) is 13.7. The molecule has 0 spiro atoms. The van der Waals surface area contributed by atoms with Gasteiger partial charge in [-0.05, 0) is 28.8 Å². The summed E-state index contributed by atoms with van der Waals surface area (Å²) >= 11 is 3.37. The van der Waals surface area contributed by atoms with Gasteiger partial charge in [-0.25, -0.2) is 9.97 Å². The van der Waals surface area contributed by atoms with Crippen molar-refractivity contribution in [1.29, 1.82) is 0 Å². The fourth-order valence-electron chi connectivity index (χ4n) is 3.03. The lowest BCUT2D eigenvalue weighted by molar-refractivity contribution is 0.187. The molecular formula is C13H19BrN4. The van der Waals surface area contributed by atoms with Crippen molar-refractivity contribution in [3.05, 3.63) is 16.9 Å². The number of rotatable bonds is 2. The molecule has 0 radical (unpaired) electrons. The maximum Gasteiger partial charge on any atom is 0.225 e. The van der Waals surface area contributed by atoms with Crippen molar-refractivity contribution in [2.24, 2.45) is 0 Å². The number of anilines is 1. The van der Waals surface area contributed by atoms with Gasteiger partial charge in [-0.3, -0.25) is 4.90 Å². The Bertz CT molecular complexity index is 380. The topological polar surface area (TPSA) is 32.3 Å². The zero-order valence-corrected chi connectivity index (χ0v) is 12.1. The highest BCUT2D eigenvalue weighted by Crippen LogP contribution is 2.24. The molecule has 1 aliphatic carbocycles. The molecule has 2 fully saturated rings. The molecule has 2 aliphatic rings. The van der Waals surface area contributed by atoms with Crippen LogP contribution in [0.25, 0.3) is 0 Å². The molecule has 1 saturated carbocycles. The molecule has 0 N–H and O–H groups in total. The summed E-state index contributed by atoms with van der Waals surface area (Å²) in [5, 5.41) is 0. The molecule has 0 unspecified atom stereocenters. The first-order valence-electron chi connectivity index (χ1n) is 6.79. The number of halogens is 1. The van der Waals surface area contributed by atoms with Crippen LogP contribution in [-0.4, -0.2) is 47.1 Å². The number of nitrogens with zero attached hydrogens (tertiary/aromatic N) is 4. The third-order valence-electron chi connectivity index (χ3n) is 4.04. The molecule has 3 rings (SSSR count). The van der Waals surface area contributed by atoms with Crippen molar-refractivity contribution in [2.45, 2.75) is 31.7 Å². The first-order valence-corrected chi connectivity index (χ1v) is 7.59. The second kappa shape index (κ2) is 5.53. The van der Waals surface area contributed by atoms with Crippen molar-refractivity contribution in [3.8, 4) is 0 Å². The van der Waals surface area contributed by atoms with E-state index in [4.69, 9.17) is 0 Å². The molecule has 98 valence electrons. The van der Waals surface area contributed by atoms with E-state index >= 15 is 0 Å². The summed E-state index contributed by atoms with van der Waals surface area (Å²) in [6.45, 7) is 4.42. The normalized spacial score (nSPS) is 22.6. The highest BCUT2D eigenvalue weighted by Gasteiger charge is 2.26. The van der Waals surface area contributed by atoms with Crippen LogP contribution in [0.2, 0.25) is 0 Å². The number of piperazine rings is 1. The Balaban J connectivity index is 1.57. The van der Waals surface area contributed by atoms with Gasteiger partial charge in [-0.1, -0.05) is 12.8 Å². The van der Waals surface area contributed by atoms with Crippen molar-refractivity contribution in [3.63, 3.8) is 0 Å². The fraction of sp³-hybridized carbons (Fsp3) is 0.692. The highest BCUT2D eigenvalue weighted by molar-refractivity contribution is 9.10. The molecule has 18 heavy (non-hydrogen) atoms. The van der Waals surface area contributed by atoms with Crippen LogP contribution in [0.4, 0.5) is 5.95 Å². The standard InChI is InChI=1S/C13H19BrN4/c14-11-9-15-13(16-10-11)18-7-5-17(6-8-18)12-3-1-2-4-12/h9-10,12H,1-8H2. The minimum absolute atomic E-state index is 0.845. The Morgan fingerprint density at radius 3 is 2.22 bits per heavy atom. The molecule has 5 heteroatoms. The van der Waals surface area contributed by atoms with E-state index in [0.717, 1.165) is 42.6 Å². The third-order valence-corrected chi connectivity index (χ3v) is 4.45. The molecule has 0 bridgehead atoms. The van der Waals surface area contributed by atoms with Crippen LogP contribution in [0.15, 0.2) is 16.9 Å². The SMILES string of the molecule is Brc1cnc(N2CCN(C3CCCC3)CC2)nc1. The minimum Gasteiger partial charge on any atom is -0.338 e. The van der Waals surface area contributed by atoms with E-state index in [-0.39, 0.29) is 0 Å². The fourth-order valence-corrected chi connectivity index (χ4v) is 3.23. The number of aromatic nitrogens is 2. The maximum absolute atomic E-state index is 4.37. The molecule has 1 aliphatic heterocycles. The van der Waals surface area contributed by atoms with Crippen LogP contribution in [0, 0.1) is 0 Å². The molecule has 1 aromatic rings. The molecule has 0 atom stereocenters. The molecule has 0 aromatic carbocycles. The Labute approximate surface area is 117 Å². The van der Waals surface area contributed by atoms with Crippen LogP contribution in [-0.2, 0) is 0 Å². The lowest BCUT2D eigenvalue weighted by Gasteiger charge is -2.38. The Kier molecular flexibility index (Phi) is 3.80. The quantitative estimate of drug-likeness (QED) is 0.839. The maximum atomic E-state index is 4.37.